The van der Waals surface area contributed by atoms with Gasteiger partial charge in [-0.25, -0.2) is 9.59 Å². The van der Waals surface area contributed by atoms with Crippen molar-refractivity contribution in [2.45, 2.75) is 26.8 Å². The Kier molecular flexibility index (Phi) is 6.16. The molecule has 0 aliphatic heterocycles. The maximum Gasteiger partial charge on any atom is 0.411 e. The van der Waals surface area contributed by atoms with Crippen LogP contribution in [0.3, 0.4) is 0 Å². The van der Waals surface area contributed by atoms with Crippen LogP contribution in [0.25, 0.3) is 0 Å². The van der Waals surface area contributed by atoms with Gasteiger partial charge >= 0.3 is 12.1 Å². The summed E-state index contributed by atoms with van der Waals surface area (Å²) in [7, 11) is 2.61. The molecule has 24 heavy (non-hydrogen) atoms. The monoisotopic (exact) mass is 338 g/mol. The maximum atomic E-state index is 12.3. The molecule has 1 aromatic carbocycles. The van der Waals surface area contributed by atoms with E-state index in [9.17, 15) is 19.5 Å². The van der Waals surface area contributed by atoms with Gasteiger partial charge in [-0.15, -0.1) is 0 Å². The first-order valence-corrected chi connectivity index (χ1v) is 7.16. The fourth-order valence-electron chi connectivity index (χ4n) is 1.96. The summed E-state index contributed by atoms with van der Waals surface area (Å²) in [6.07, 6.45) is -0.677. The van der Waals surface area contributed by atoms with Gasteiger partial charge in [-0.05, 0) is 23.6 Å². The first kappa shape index (κ1) is 19.3. The van der Waals surface area contributed by atoms with E-state index in [-0.39, 0.29) is 11.3 Å². The molecule has 0 fully saturated rings. The third-order valence-corrected chi connectivity index (χ3v) is 3.27. The van der Waals surface area contributed by atoms with Crippen LogP contribution in [-0.2, 0) is 9.53 Å². The minimum absolute atomic E-state index is 0.206. The molecule has 0 saturated heterocycles. The van der Waals surface area contributed by atoms with Crippen molar-refractivity contribution < 1.29 is 29.0 Å². The number of amides is 2. The molecule has 0 saturated carbocycles. The van der Waals surface area contributed by atoms with Crippen molar-refractivity contribution in [2.75, 3.05) is 19.5 Å². The Bertz CT molecular complexity index is 636. The molecule has 0 heterocycles. The number of hydrogen-bond donors (Lipinski definition) is 3. The molecule has 0 bridgehead atoms. The summed E-state index contributed by atoms with van der Waals surface area (Å²) in [5.41, 5.74) is -0.123. The second-order valence-corrected chi connectivity index (χ2v) is 6.14. The quantitative estimate of drug-likeness (QED) is 0.757. The summed E-state index contributed by atoms with van der Waals surface area (Å²) in [5, 5.41) is 14.2. The molecule has 0 aromatic heterocycles. The first-order chi connectivity index (χ1) is 11.1. The van der Waals surface area contributed by atoms with Gasteiger partial charge in [0.15, 0.2) is 0 Å². The summed E-state index contributed by atoms with van der Waals surface area (Å²) in [6.45, 7) is 5.15. The Morgan fingerprint density at radius 1 is 1.17 bits per heavy atom. The highest BCUT2D eigenvalue weighted by Crippen LogP contribution is 2.26. The molecule has 2 amide bonds. The number of carboxylic acid groups (broad SMARTS) is 1. The van der Waals surface area contributed by atoms with Crippen LogP contribution in [0.5, 0.6) is 5.75 Å². The third kappa shape index (κ3) is 4.87. The van der Waals surface area contributed by atoms with E-state index in [0.717, 1.165) is 0 Å². The standard InChI is InChI=1S/C16H22N2O6/c1-16(2,3)12(14(20)21)18-13(19)9-6-7-10(11(8-9)23-4)17-15(22)24-5/h6-8,12H,1-5H3,(H,17,22)(H,18,19)(H,20,21)/t12-/m0/s1. The zero-order valence-electron chi connectivity index (χ0n) is 14.3. The van der Waals surface area contributed by atoms with Crippen molar-refractivity contribution in [3.8, 4) is 5.75 Å². The molecule has 132 valence electrons. The number of rotatable bonds is 5. The number of benzene rings is 1. The highest BCUT2D eigenvalue weighted by atomic mass is 16.5. The number of hydrogen-bond acceptors (Lipinski definition) is 5. The highest BCUT2D eigenvalue weighted by Gasteiger charge is 2.32. The minimum Gasteiger partial charge on any atom is -0.495 e. The van der Waals surface area contributed by atoms with Crippen molar-refractivity contribution in [2.24, 2.45) is 5.41 Å². The van der Waals surface area contributed by atoms with Gasteiger partial charge < -0.3 is 19.9 Å². The van der Waals surface area contributed by atoms with E-state index >= 15 is 0 Å². The van der Waals surface area contributed by atoms with E-state index in [1.807, 2.05) is 0 Å². The summed E-state index contributed by atoms with van der Waals surface area (Å²) in [4.78, 5) is 34.9. The van der Waals surface area contributed by atoms with Crippen molar-refractivity contribution >= 4 is 23.7 Å². The Balaban J connectivity index is 3.03. The molecular weight excluding hydrogens is 316 g/mol. The third-order valence-electron chi connectivity index (χ3n) is 3.27. The van der Waals surface area contributed by atoms with Gasteiger partial charge in [0, 0.05) is 5.56 Å². The predicted molar refractivity (Wildman–Crippen MR) is 87.4 cm³/mol. The van der Waals surface area contributed by atoms with Crippen LogP contribution in [0.15, 0.2) is 18.2 Å². The summed E-state index contributed by atoms with van der Waals surface area (Å²) < 4.78 is 9.63. The van der Waals surface area contributed by atoms with Crippen LogP contribution >= 0.6 is 0 Å². The summed E-state index contributed by atoms with van der Waals surface area (Å²) in [5.74, 6) is -1.43. The average Bonchev–Trinajstić information content (AvgIpc) is 2.50. The van der Waals surface area contributed by atoms with Crippen LogP contribution in [0, 0.1) is 5.41 Å². The van der Waals surface area contributed by atoms with Gasteiger partial charge in [-0.3, -0.25) is 10.1 Å². The van der Waals surface area contributed by atoms with Gasteiger partial charge in [-0.1, -0.05) is 20.8 Å². The lowest BCUT2D eigenvalue weighted by molar-refractivity contribution is -0.142. The molecule has 1 aromatic rings. The Hall–Kier alpha value is -2.77. The number of anilines is 1. The van der Waals surface area contributed by atoms with Crippen molar-refractivity contribution in [3.05, 3.63) is 23.8 Å². The number of carbonyl (C=O) groups excluding carboxylic acids is 2. The van der Waals surface area contributed by atoms with Gasteiger partial charge in [0.05, 0.1) is 19.9 Å². The zero-order valence-corrected chi connectivity index (χ0v) is 14.3. The summed E-state index contributed by atoms with van der Waals surface area (Å²) in [6, 6.07) is 3.27. The number of carboxylic acids is 1. The van der Waals surface area contributed by atoms with Crippen LogP contribution in [0.2, 0.25) is 0 Å². The fourth-order valence-corrected chi connectivity index (χ4v) is 1.96. The highest BCUT2D eigenvalue weighted by molar-refractivity contribution is 5.98. The second kappa shape index (κ2) is 7.67. The summed E-state index contributed by atoms with van der Waals surface area (Å²) >= 11 is 0. The van der Waals surface area contributed by atoms with Crippen LogP contribution < -0.4 is 15.4 Å². The molecule has 0 aliphatic carbocycles. The Labute approximate surface area is 140 Å². The predicted octanol–water partition coefficient (Wildman–Crippen LogP) is 2.10. The van der Waals surface area contributed by atoms with E-state index in [2.05, 4.69) is 15.4 Å². The molecule has 0 aliphatic rings. The largest absolute Gasteiger partial charge is 0.495 e. The zero-order chi connectivity index (χ0) is 18.5. The molecule has 8 nitrogen and oxygen atoms in total. The molecule has 0 unspecified atom stereocenters. The number of aliphatic carboxylic acids is 1. The fraction of sp³-hybridized carbons (Fsp3) is 0.438. The van der Waals surface area contributed by atoms with Gasteiger partial charge in [0.1, 0.15) is 11.8 Å². The van der Waals surface area contributed by atoms with Crippen LogP contribution in [-0.4, -0.2) is 43.3 Å². The SMILES string of the molecule is COC(=O)Nc1ccc(C(=O)N[C@@H](C(=O)O)C(C)(C)C)cc1OC. The molecule has 0 radical (unpaired) electrons. The lowest BCUT2D eigenvalue weighted by Gasteiger charge is -2.27. The van der Waals surface area contributed by atoms with E-state index < -0.39 is 29.4 Å². The number of ether oxygens (including phenoxy) is 2. The smallest absolute Gasteiger partial charge is 0.411 e. The van der Waals surface area contributed by atoms with Crippen molar-refractivity contribution in [1.29, 1.82) is 0 Å². The molecular formula is C16H22N2O6. The lowest BCUT2D eigenvalue weighted by Crippen LogP contribution is -2.49. The molecule has 1 rings (SSSR count). The van der Waals surface area contributed by atoms with Crippen molar-refractivity contribution in [3.63, 3.8) is 0 Å². The van der Waals surface area contributed by atoms with Gasteiger partial charge in [-0.2, -0.15) is 0 Å². The minimum atomic E-state index is -1.12. The molecule has 0 spiro atoms. The van der Waals surface area contributed by atoms with E-state index in [4.69, 9.17) is 4.74 Å². The average molecular weight is 338 g/mol. The molecule has 8 heteroatoms. The van der Waals surface area contributed by atoms with Crippen LogP contribution in [0.4, 0.5) is 10.5 Å². The van der Waals surface area contributed by atoms with E-state index in [1.165, 1.54) is 32.4 Å². The van der Waals surface area contributed by atoms with Crippen LogP contribution in [0.1, 0.15) is 31.1 Å². The number of nitrogens with one attached hydrogen (secondary N) is 2. The second-order valence-electron chi connectivity index (χ2n) is 6.14. The van der Waals surface area contributed by atoms with E-state index in [1.54, 1.807) is 20.8 Å². The number of methoxy groups -OCH3 is 2. The molecule has 3 N–H and O–H groups in total. The Morgan fingerprint density at radius 2 is 1.79 bits per heavy atom. The lowest BCUT2D eigenvalue weighted by atomic mass is 9.86. The maximum absolute atomic E-state index is 12.3. The first-order valence-electron chi connectivity index (χ1n) is 7.16. The Morgan fingerprint density at radius 3 is 2.25 bits per heavy atom. The van der Waals surface area contributed by atoms with Crippen molar-refractivity contribution in [1.82, 2.24) is 5.32 Å². The van der Waals surface area contributed by atoms with Gasteiger partial charge in [0.2, 0.25) is 0 Å². The topological polar surface area (TPSA) is 114 Å². The normalized spacial score (nSPS) is 12.0. The van der Waals surface area contributed by atoms with E-state index in [0.29, 0.717) is 5.69 Å². The van der Waals surface area contributed by atoms with Gasteiger partial charge in [0.25, 0.3) is 5.91 Å². The molecule has 1 atom stereocenters. The number of carbonyl (C=O) groups is 3.